The molecule has 0 unspecified atom stereocenters. The van der Waals surface area contributed by atoms with Gasteiger partial charge in [0.2, 0.25) is 0 Å². The zero-order valence-corrected chi connectivity index (χ0v) is 22.1. The molecule has 2 aliphatic rings. The molecule has 4 rings (SSSR count). The summed E-state index contributed by atoms with van der Waals surface area (Å²) in [6.07, 6.45) is 2.98. The van der Waals surface area contributed by atoms with E-state index in [2.05, 4.69) is 19.8 Å². The Hall–Kier alpha value is -3.07. The summed E-state index contributed by atoms with van der Waals surface area (Å²) in [4.78, 5) is 39.5. The van der Waals surface area contributed by atoms with Crippen LogP contribution in [-0.4, -0.2) is 78.9 Å². The highest BCUT2D eigenvalue weighted by Gasteiger charge is 2.28. The number of amides is 1. The van der Waals surface area contributed by atoms with E-state index in [0.717, 1.165) is 48.7 Å². The molecule has 0 aliphatic carbocycles. The van der Waals surface area contributed by atoms with Crippen molar-refractivity contribution in [1.82, 2.24) is 14.9 Å². The average Bonchev–Trinajstić information content (AvgIpc) is 2.87. The normalized spacial score (nSPS) is 17.2. The van der Waals surface area contributed by atoms with E-state index in [9.17, 15) is 9.59 Å². The lowest BCUT2D eigenvalue weighted by atomic mass is 9.96. The number of piperazine rings is 1. The Morgan fingerprint density at radius 1 is 1.00 bits per heavy atom. The van der Waals surface area contributed by atoms with Crippen LogP contribution in [0.25, 0.3) is 11.3 Å². The number of esters is 1. The summed E-state index contributed by atoms with van der Waals surface area (Å²) in [5.74, 6) is 0.638. The quantitative estimate of drug-likeness (QED) is 0.441. The molecular weight excluding hydrogens is 482 g/mol. The van der Waals surface area contributed by atoms with Crippen molar-refractivity contribution in [3.8, 4) is 11.3 Å². The van der Waals surface area contributed by atoms with Gasteiger partial charge in [-0.15, -0.1) is 0 Å². The number of nitrogens with zero attached hydrogens (tertiary/aromatic N) is 5. The van der Waals surface area contributed by atoms with Crippen LogP contribution >= 0.6 is 11.6 Å². The minimum absolute atomic E-state index is 0.0541. The molecule has 10 heteroatoms. The fourth-order valence-electron chi connectivity index (χ4n) is 4.55. The van der Waals surface area contributed by atoms with Gasteiger partial charge < -0.3 is 24.2 Å². The van der Waals surface area contributed by atoms with E-state index in [-0.39, 0.29) is 18.0 Å². The highest BCUT2D eigenvalue weighted by molar-refractivity contribution is 6.29. The largest absolute Gasteiger partial charge is 0.469 e. The molecule has 0 atom stereocenters. The number of aromatic nitrogens is 2. The van der Waals surface area contributed by atoms with Gasteiger partial charge in [-0.25, -0.2) is 14.8 Å². The van der Waals surface area contributed by atoms with Crippen LogP contribution in [0.2, 0.25) is 5.15 Å². The maximum atomic E-state index is 12.4. The first-order valence-corrected chi connectivity index (χ1v) is 12.7. The Bertz CT molecular complexity index is 1090. The Kier molecular flexibility index (Phi) is 7.88. The third-order valence-electron chi connectivity index (χ3n) is 6.47. The van der Waals surface area contributed by atoms with E-state index in [1.54, 1.807) is 11.1 Å². The van der Waals surface area contributed by atoms with Crippen molar-refractivity contribution < 1.29 is 19.1 Å². The molecule has 0 bridgehead atoms. The number of anilines is 2. The summed E-state index contributed by atoms with van der Waals surface area (Å²) in [6, 6.07) is 7.83. The standard InChI is InChI=1S/C26H34ClN5O4/c1-26(2,3)36-25(34)32-13-11-31(12-14-32)23-15-19(5-8-28-23)21-16-20(17-22(27)29-21)30-9-6-18(7-10-30)24(33)35-4/h5,8,15-18H,6-7,9-14H2,1-4H3. The number of piperidine rings is 1. The van der Waals surface area contributed by atoms with Crippen molar-refractivity contribution in [2.75, 3.05) is 56.2 Å². The second-order valence-electron chi connectivity index (χ2n) is 10.2. The number of halogens is 1. The summed E-state index contributed by atoms with van der Waals surface area (Å²) >= 11 is 6.41. The Morgan fingerprint density at radius 2 is 1.69 bits per heavy atom. The van der Waals surface area contributed by atoms with Gasteiger partial charge in [0.15, 0.2) is 0 Å². The molecule has 2 saturated heterocycles. The topological polar surface area (TPSA) is 88.1 Å². The summed E-state index contributed by atoms with van der Waals surface area (Å²) in [7, 11) is 1.44. The van der Waals surface area contributed by atoms with Crippen LogP contribution in [0.5, 0.6) is 0 Å². The first kappa shape index (κ1) is 26.0. The monoisotopic (exact) mass is 515 g/mol. The molecule has 2 fully saturated rings. The molecule has 194 valence electrons. The second kappa shape index (κ2) is 10.9. The van der Waals surface area contributed by atoms with E-state index in [1.807, 2.05) is 45.0 Å². The number of methoxy groups -OCH3 is 1. The molecule has 1 amide bonds. The van der Waals surface area contributed by atoms with Gasteiger partial charge in [-0.2, -0.15) is 0 Å². The third-order valence-corrected chi connectivity index (χ3v) is 6.66. The van der Waals surface area contributed by atoms with Crippen LogP contribution in [0.3, 0.4) is 0 Å². The van der Waals surface area contributed by atoms with Crippen LogP contribution in [0.1, 0.15) is 33.6 Å². The van der Waals surface area contributed by atoms with Gasteiger partial charge in [-0.1, -0.05) is 11.6 Å². The van der Waals surface area contributed by atoms with E-state index in [0.29, 0.717) is 31.3 Å². The minimum atomic E-state index is -0.510. The molecule has 4 heterocycles. The van der Waals surface area contributed by atoms with Gasteiger partial charge in [0.1, 0.15) is 16.6 Å². The van der Waals surface area contributed by atoms with Crippen molar-refractivity contribution in [1.29, 1.82) is 0 Å². The molecule has 2 aromatic rings. The van der Waals surface area contributed by atoms with Gasteiger partial charge in [0.25, 0.3) is 0 Å². The van der Waals surface area contributed by atoms with Crippen molar-refractivity contribution in [3.05, 3.63) is 35.6 Å². The number of ether oxygens (including phenoxy) is 2. The number of carbonyl (C=O) groups is 2. The van der Waals surface area contributed by atoms with Crippen molar-refractivity contribution in [3.63, 3.8) is 0 Å². The number of rotatable bonds is 4. The molecule has 0 spiro atoms. The van der Waals surface area contributed by atoms with E-state index < -0.39 is 5.60 Å². The van der Waals surface area contributed by atoms with E-state index in [4.69, 9.17) is 21.1 Å². The zero-order valence-electron chi connectivity index (χ0n) is 21.4. The van der Waals surface area contributed by atoms with Crippen LogP contribution in [0, 0.1) is 5.92 Å². The van der Waals surface area contributed by atoms with Gasteiger partial charge in [-0.3, -0.25) is 4.79 Å². The Labute approximate surface area is 217 Å². The lowest BCUT2D eigenvalue weighted by molar-refractivity contribution is -0.146. The number of hydrogen-bond acceptors (Lipinski definition) is 8. The molecule has 9 nitrogen and oxygen atoms in total. The summed E-state index contributed by atoms with van der Waals surface area (Å²) in [6.45, 7) is 9.59. The first-order valence-electron chi connectivity index (χ1n) is 12.3. The van der Waals surface area contributed by atoms with Crippen LogP contribution < -0.4 is 9.80 Å². The maximum absolute atomic E-state index is 12.4. The van der Waals surface area contributed by atoms with Crippen molar-refractivity contribution in [2.24, 2.45) is 5.92 Å². The zero-order chi connectivity index (χ0) is 25.9. The molecule has 36 heavy (non-hydrogen) atoms. The van der Waals surface area contributed by atoms with Gasteiger partial charge in [0, 0.05) is 56.7 Å². The molecule has 2 aromatic heterocycles. The van der Waals surface area contributed by atoms with Gasteiger partial charge >= 0.3 is 12.1 Å². The van der Waals surface area contributed by atoms with Gasteiger partial charge in [-0.05, 0) is 57.9 Å². The molecule has 0 aromatic carbocycles. The molecule has 2 aliphatic heterocycles. The van der Waals surface area contributed by atoms with E-state index in [1.165, 1.54) is 7.11 Å². The molecular formula is C26H34ClN5O4. The van der Waals surface area contributed by atoms with Gasteiger partial charge in [0.05, 0.1) is 18.7 Å². The molecule has 0 N–H and O–H groups in total. The highest BCUT2D eigenvalue weighted by Crippen LogP contribution is 2.31. The smallest absolute Gasteiger partial charge is 0.410 e. The van der Waals surface area contributed by atoms with Crippen LogP contribution in [0.4, 0.5) is 16.3 Å². The van der Waals surface area contributed by atoms with Crippen LogP contribution in [0.15, 0.2) is 30.5 Å². The molecule has 0 saturated carbocycles. The van der Waals surface area contributed by atoms with Crippen molar-refractivity contribution in [2.45, 2.75) is 39.2 Å². The minimum Gasteiger partial charge on any atom is -0.469 e. The number of carbonyl (C=O) groups excluding carboxylic acids is 2. The maximum Gasteiger partial charge on any atom is 0.410 e. The SMILES string of the molecule is COC(=O)C1CCN(c2cc(Cl)nc(-c3ccnc(N4CCN(C(=O)OC(C)(C)C)CC4)c3)c2)CC1. The third kappa shape index (κ3) is 6.37. The Morgan fingerprint density at radius 3 is 2.33 bits per heavy atom. The van der Waals surface area contributed by atoms with Crippen molar-refractivity contribution >= 4 is 35.2 Å². The first-order chi connectivity index (χ1) is 17.1. The number of hydrogen-bond donors (Lipinski definition) is 0. The Balaban J connectivity index is 1.44. The summed E-state index contributed by atoms with van der Waals surface area (Å²) in [5, 5.41) is 0.418. The van der Waals surface area contributed by atoms with Crippen LogP contribution in [-0.2, 0) is 14.3 Å². The fraction of sp³-hybridized carbons (Fsp3) is 0.538. The van der Waals surface area contributed by atoms with E-state index >= 15 is 0 Å². The number of pyridine rings is 2. The lowest BCUT2D eigenvalue weighted by Gasteiger charge is -2.36. The predicted molar refractivity (Wildman–Crippen MR) is 139 cm³/mol. The predicted octanol–water partition coefficient (Wildman–Crippen LogP) is 4.24. The average molecular weight is 516 g/mol. The summed E-state index contributed by atoms with van der Waals surface area (Å²) < 4.78 is 10.4. The second-order valence-corrected chi connectivity index (χ2v) is 10.6. The summed E-state index contributed by atoms with van der Waals surface area (Å²) in [5.41, 5.74) is 2.16. The lowest BCUT2D eigenvalue weighted by Crippen LogP contribution is -2.50. The highest BCUT2D eigenvalue weighted by atomic mass is 35.5. The fourth-order valence-corrected chi connectivity index (χ4v) is 4.75. The molecule has 0 radical (unpaired) electrons.